The maximum atomic E-state index is 11.6. The highest BCUT2D eigenvalue weighted by atomic mass is 32.2. The maximum Gasteiger partial charge on any atom is 0.303 e. The lowest BCUT2D eigenvalue weighted by Gasteiger charge is -2.43. The van der Waals surface area contributed by atoms with Crippen LogP contribution in [-0.2, 0) is 33.3 Å². The average molecular weight is 382 g/mol. The third-order valence-electron chi connectivity index (χ3n) is 3.63. The minimum absolute atomic E-state index is 0.543. The van der Waals surface area contributed by atoms with Gasteiger partial charge in [0.1, 0.15) is 5.44 Å². The standard InChI is InChI=1S/C18H22O7S/c1-10-15(23-11(2)19)16(24-12(3)20)17(25-13(4)21)18(22-10)26-14-8-6-5-7-9-14/h5-10,15-18H,1-4H3/t10?,15-,16+,17?,18-/m1/s1. The number of carbonyl (C=O) groups excluding carboxylic acids is 3. The van der Waals surface area contributed by atoms with E-state index >= 15 is 0 Å². The molecule has 1 heterocycles. The highest BCUT2D eigenvalue weighted by molar-refractivity contribution is 7.99. The topological polar surface area (TPSA) is 88.1 Å². The molecule has 1 saturated heterocycles. The van der Waals surface area contributed by atoms with Crippen molar-refractivity contribution in [1.29, 1.82) is 0 Å². The molecule has 1 aliphatic rings. The van der Waals surface area contributed by atoms with E-state index < -0.39 is 47.8 Å². The molecule has 1 aliphatic heterocycles. The third kappa shape index (κ3) is 5.47. The number of esters is 3. The Morgan fingerprint density at radius 1 is 0.846 bits per heavy atom. The Kier molecular flexibility index (Phi) is 7.05. The van der Waals surface area contributed by atoms with Gasteiger partial charge in [-0.25, -0.2) is 0 Å². The van der Waals surface area contributed by atoms with Crippen molar-refractivity contribution >= 4 is 29.7 Å². The van der Waals surface area contributed by atoms with Crippen molar-refractivity contribution in [3.63, 3.8) is 0 Å². The van der Waals surface area contributed by atoms with Gasteiger partial charge in [-0.3, -0.25) is 14.4 Å². The van der Waals surface area contributed by atoms with E-state index in [4.69, 9.17) is 18.9 Å². The minimum Gasteiger partial charge on any atom is -0.456 e. The van der Waals surface area contributed by atoms with Crippen LogP contribution in [0.15, 0.2) is 35.2 Å². The first-order chi connectivity index (χ1) is 12.3. The van der Waals surface area contributed by atoms with Gasteiger partial charge in [0.2, 0.25) is 0 Å². The van der Waals surface area contributed by atoms with Gasteiger partial charge in [0.25, 0.3) is 0 Å². The molecule has 0 aliphatic carbocycles. The predicted octanol–water partition coefficient (Wildman–Crippen LogP) is 2.32. The first-order valence-corrected chi connectivity index (χ1v) is 9.04. The van der Waals surface area contributed by atoms with Crippen molar-refractivity contribution in [2.75, 3.05) is 0 Å². The lowest BCUT2D eigenvalue weighted by atomic mass is 10.00. The van der Waals surface area contributed by atoms with Crippen LogP contribution in [0.4, 0.5) is 0 Å². The minimum atomic E-state index is -0.967. The Morgan fingerprint density at radius 3 is 1.88 bits per heavy atom. The molecule has 1 aromatic rings. The molecule has 1 aromatic carbocycles. The quantitative estimate of drug-likeness (QED) is 0.566. The summed E-state index contributed by atoms with van der Waals surface area (Å²) in [7, 11) is 0. The first-order valence-electron chi connectivity index (χ1n) is 8.16. The lowest BCUT2D eigenvalue weighted by molar-refractivity contribution is -0.229. The summed E-state index contributed by atoms with van der Waals surface area (Å²) in [5, 5.41) is 0. The maximum absolute atomic E-state index is 11.6. The van der Waals surface area contributed by atoms with E-state index in [1.165, 1.54) is 32.5 Å². The summed E-state index contributed by atoms with van der Waals surface area (Å²) in [5.74, 6) is -1.66. The van der Waals surface area contributed by atoms with Gasteiger partial charge in [-0.2, -0.15) is 0 Å². The zero-order valence-corrected chi connectivity index (χ0v) is 15.9. The van der Waals surface area contributed by atoms with Crippen molar-refractivity contribution < 1.29 is 33.3 Å². The molecule has 0 N–H and O–H groups in total. The lowest BCUT2D eigenvalue weighted by Crippen LogP contribution is -2.59. The molecular formula is C18H22O7S. The van der Waals surface area contributed by atoms with E-state index in [2.05, 4.69) is 0 Å². The summed E-state index contributed by atoms with van der Waals surface area (Å²) >= 11 is 1.34. The number of carbonyl (C=O) groups is 3. The Morgan fingerprint density at radius 2 is 1.35 bits per heavy atom. The van der Waals surface area contributed by atoms with Crippen molar-refractivity contribution in [3.8, 4) is 0 Å². The van der Waals surface area contributed by atoms with E-state index in [1.807, 2.05) is 30.3 Å². The van der Waals surface area contributed by atoms with Crippen molar-refractivity contribution in [1.82, 2.24) is 0 Å². The van der Waals surface area contributed by atoms with E-state index in [1.54, 1.807) is 6.92 Å². The fraction of sp³-hybridized carbons (Fsp3) is 0.500. The van der Waals surface area contributed by atoms with Crippen molar-refractivity contribution in [3.05, 3.63) is 30.3 Å². The monoisotopic (exact) mass is 382 g/mol. The number of thioether (sulfide) groups is 1. The zero-order valence-electron chi connectivity index (χ0n) is 15.0. The molecule has 8 heteroatoms. The molecule has 2 unspecified atom stereocenters. The smallest absolute Gasteiger partial charge is 0.303 e. The predicted molar refractivity (Wildman–Crippen MR) is 93.3 cm³/mol. The SMILES string of the molecule is CC(=O)OC1[C@@H](Sc2ccccc2)OC(C)[C@@H](OC(C)=O)[C@@H]1OC(C)=O. The molecule has 2 rings (SSSR count). The third-order valence-corrected chi connectivity index (χ3v) is 4.78. The molecule has 5 atom stereocenters. The normalized spacial score (nSPS) is 28.1. The van der Waals surface area contributed by atoms with Crippen LogP contribution in [0, 0.1) is 0 Å². The molecule has 0 aromatic heterocycles. The van der Waals surface area contributed by atoms with Crippen LogP contribution >= 0.6 is 11.8 Å². The number of benzene rings is 1. The largest absolute Gasteiger partial charge is 0.456 e. The zero-order chi connectivity index (χ0) is 19.3. The molecule has 0 radical (unpaired) electrons. The van der Waals surface area contributed by atoms with Gasteiger partial charge >= 0.3 is 17.9 Å². The number of rotatable bonds is 5. The molecule has 1 fully saturated rings. The van der Waals surface area contributed by atoms with Gasteiger partial charge in [0.05, 0.1) is 6.10 Å². The summed E-state index contributed by atoms with van der Waals surface area (Å²) in [6.07, 6.45) is -3.34. The van der Waals surface area contributed by atoms with Gasteiger partial charge in [-0.05, 0) is 19.1 Å². The Labute approximate surface area is 156 Å². The molecule has 0 bridgehead atoms. The van der Waals surface area contributed by atoms with Gasteiger partial charge in [0.15, 0.2) is 18.3 Å². The molecular weight excluding hydrogens is 360 g/mol. The number of hydrogen-bond donors (Lipinski definition) is 0. The summed E-state index contributed by atoms with van der Waals surface area (Å²) in [4.78, 5) is 35.6. The summed E-state index contributed by atoms with van der Waals surface area (Å²) in [6.45, 7) is 5.47. The fourth-order valence-corrected chi connectivity index (χ4v) is 3.86. The van der Waals surface area contributed by atoms with Crippen LogP contribution in [0.5, 0.6) is 0 Å². The van der Waals surface area contributed by atoms with Crippen molar-refractivity contribution in [2.24, 2.45) is 0 Å². The average Bonchev–Trinajstić information content (AvgIpc) is 2.54. The summed E-state index contributed by atoms with van der Waals surface area (Å²) in [6, 6.07) is 9.42. The Bertz CT molecular complexity index is 648. The van der Waals surface area contributed by atoms with Crippen LogP contribution in [0.25, 0.3) is 0 Å². The molecule has 26 heavy (non-hydrogen) atoms. The number of ether oxygens (including phenoxy) is 4. The van der Waals surface area contributed by atoms with E-state index in [0.29, 0.717) is 0 Å². The van der Waals surface area contributed by atoms with Gasteiger partial charge in [-0.15, -0.1) is 0 Å². The highest BCUT2D eigenvalue weighted by Crippen LogP contribution is 2.37. The molecule has 0 saturated carbocycles. The fourth-order valence-electron chi connectivity index (χ4n) is 2.70. The molecule has 0 spiro atoms. The van der Waals surface area contributed by atoms with Gasteiger partial charge < -0.3 is 18.9 Å². The number of hydrogen-bond acceptors (Lipinski definition) is 8. The first kappa shape index (κ1) is 20.3. The van der Waals surface area contributed by atoms with Crippen molar-refractivity contribution in [2.45, 2.75) is 62.4 Å². The summed E-state index contributed by atoms with van der Waals surface area (Å²) in [5.41, 5.74) is -0.632. The molecule has 7 nitrogen and oxygen atoms in total. The second kappa shape index (κ2) is 9.05. The van der Waals surface area contributed by atoms with Gasteiger partial charge in [-0.1, -0.05) is 30.0 Å². The van der Waals surface area contributed by atoms with Crippen LogP contribution in [0.3, 0.4) is 0 Å². The van der Waals surface area contributed by atoms with E-state index in [-0.39, 0.29) is 0 Å². The second-order valence-corrected chi connectivity index (χ2v) is 7.03. The molecule has 142 valence electrons. The van der Waals surface area contributed by atoms with Crippen LogP contribution in [-0.4, -0.2) is 47.8 Å². The molecule has 0 amide bonds. The van der Waals surface area contributed by atoms with Crippen LogP contribution in [0.1, 0.15) is 27.7 Å². The summed E-state index contributed by atoms with van der Waals surface area (Å²) < 4.78 is 22.0. The highest BCUT2D eigenvalue weighted by Gasteiger charge is 2.50. The van der Waals surface area contributed by atoms with Crippen LogP contribution < -0.4 is 0 Å². The van der Waals surface area contributed by atoms with Gasteiger partial charge in [0, 0.05) is 25.7 Å². The van der Waals surface area contributed by atoms with E-state index in [9.17, 15) is 14.4 Å². The Balaban J connectivity index is 2.33. The Hall–Kier alpha value is -2.06. The van der Waals surface area contributed by atoms with Crippen LogP contribution in [0.2, 0.25) is 0 Å². The second-order valence-electron chi connectivity index (χ2n) is 5.86. The van der Waals surface area contributed by atoms with E-state index in [0.717, 1.165) is 4.90 Å².